The highest BCUT2D eigenvalue weighted by Gasteiger charge is 2.18. The molecule has 2 aromatic carbocycles. The Balaban J connectivity index is 2.23. The van der Waals surface area contributed by atoms with Gasteiger partial charge in [0.15, 0.2) is 0 Å². The lowest BCUT2D eigenvalue weighted by Gasteiger charge is -2.20. The highest BCUT2D eigenvalue weighted by Crippen LogP contribution is 2.20. The number of rotatable bonds is 7. The molecule has 2 amide bonds. The van der Waals surface area contributed by atoms with Gasteiger partial charge in [-0.05, 0) is 50.2 Å². The van der Waals surface area contributed by atoms with Crippen molar-refractivity contribution in [3.63, 3.8) is 0 Å². The van der Waals surface area contributed by atoms with Gasteiger partial charge in [-0.25, -0.2) is 8.42 Å². The van der Waals surface area contributed by atoms with Crippen molar-refractivity contribution in [1.82, 2.24) is 4.90 Å². The zero-order chi connectivity index (χ0) is 20.9. The summed E-state index contributed by atoms with van der Waals surface area (Å²) in [5.74, 6) is -0.528. The average Bonchev–Trinajstić information content (AvgIpc) is 2.68. The van der Waals surface area contributed by atoms with Crippen LogP contribution in [0.25, 0.3) is 0 Å². The fraction of sp³-hybridized carbons (Fsp3) is 0.300. The van der Waals surface area contributed by atoms with Crippen LogP contribution >= 0.6 is 0 Å². The molecule has 0 atom stereocenters. The zero-order valence-electron chi connectivity index (χ0n) is 16.5. The minimum Gasteiger partial charge on any atom is -0.339 e. The maximum atomic E-state index is 12.7. The van der Waals surface area contributed by atoms with Gasteiger partial charge in [-0.2, -0.15) is 0 Å². The van der Waals surface area contributed by atoms with E-state index in [2.05, 4.69) is 5.32 Å². The zero-order valence-corrected chi connectivity index (χ0v) is 17.3. The van der Waals surface area contributed by atoms with Crippen LogP contribution in [0.3, 0.4) is 0 Å². The molecule has 1 N–H and O–H groups in total. The number of anilines is 2. The molecule has 0 unspecified atom stereocenters. The maximum absolute atomic E-state index is 12.7. The van der Waals surface area contributed by atoms with Crippen molar-refractivity contribution in [3.05, 3.63) is 59.7 Å². The van der Waals surface area contributed by atoms with Crippen molar-refractivity contribution in [2.24, 2.45) is 0 Å². The van der Waals surface area contributed by atoms with Gasteiger partial charge in [0.25, 0.3) is 11.8 Å². The summed E-state index contributed by atoms with van der Waals surface area (Å²) in [5, 5.41) is 2.77. The molecule has 0 saturated heterocycles. The predicted molar refractivity (Wildman–Crippen MR) is 111 cm³/mol. The Kier molecular flexibility index (Phi) is 6.80. The van der Waals surface area contributed by atoms with E-state index in [0.29, 0.717) is 35.6 Å². The van der Waals surface area contributed by atoms with Crippen molar-refractivity contribution >= 4 is 33.2 Å². The molecule has 0 saturated carbocycles. The summed E-state index contributed by atoms with van der Waals surface area (Å²) in [6, 6.07) is 13.1. The molecule has 0 bridgehead atoms. The fourth-order valence-corrected chi connectivity index (χ4v) is 3.17. The van der Waals surface area contributed by atoms with Crippen LogP contribution in [0.1, 0.15) is 34.6 Å². The Labute approximate surface area is 166 Å². The number of para-hydroxylation sites is 1. The molecule has 0 aliphatic rings. The van der Waals surface area contributed by atoms with Gasteiger partial charge in [0.05, 0.1) is 23.2 Å². The van der Waals surface area contributed by atoms with Gasteiger partial charge in [-0.3, -0.25) is 13.9 Å². The van der Waals surface area contributed by atoms with Crippen LogP contribution in [0.5, 0.6) is 0 Å². The van der Waals surface area contributed by atoms with E-state index in [9.17, 15) is 18.0 Å². The summed E-state index contributed by atoms with van der Waals surface area (Å²) in [5.41, 5.74) is 1.67. The highest BCUT2D eigenvalue weighted by molar-refractivity contribution is 7.92. The summed E-state index contributed by atoms with van der Waals surface area (Å²) in [4.78, 5) is 27.0. The van der Waals surface area contributed by atoms with Crippen molar-refractivity contribution in [1.29, 1.82) is 0 Å². The third-order valence-electron chi connectivity index (χ3n) is 4.45. The lowest BCUT2D eigenvalue weighted by Crippen LogP contribution is -2.31. The van der Waals surface area contributed by atoms with Gasteiger partial charge < -0.3 is 10.2 Å². The van der Waals surface area contributed by atoms with Gasteiger partial charge in [0, 0.05) is 25.7 Å². The van der Waals surface area contributed by atoms with E-state index in [4.69, 9.17) is 0 Å². The summed E-state index contributed by atoms with van der Waals surface area (Å²) in [6.45, 7) is 4.95. The number of nitrogens with zero attached hydrogens (tertiary/aromatic N) is 2. The molecule has 7 nitrogen and oxygen atoms in total. The lowest BCUT2D eigenvalue weighted by molar-refractivity contribution is 0.0774. The number of sulfonamides is 1. The molecule has 28 heavy (non-hydrogen) atoms. The Morgan fingerprint density at radius 3 is 2.07 bits per heavy atom. The van der Waals surface area contributed by atoms with Crippen LogP contribution in [0.4, 0.5) is 11.4 Å². The van der Waals surface area contributed by atoms with Crippen LogP contribution in [0.15, 0.2) is 48.5 Å². The molecule has 0 fully saturated rings. The summed E-state index contributed by atoms with van der Waals surface area (Å²) in [7, 11) is -1.93. The van der Waals surface area contributed by atoms with Crippen molar-refractivity contribution in [3.8, 4) is 0 Å². The van der Waals surface area contributed by atoms with E-state index in [-0.39, 0.29) is 11.8 Å². The topological polar surface area (TPSA) is 86.8 Å². The average molecular weight is 404 g/mol. The van der Waals surface area contributed by atoms with Crippen molar-refractivity contribution in [2.45, 2.75) is 13.8 Å². The molecule has 0 aliphatic heterocycles. The first-order valence-electron chi connectivity index (χ1n) is 8.92. The van der Waals surface area contributed by atoms with E-state index in [0.717, 1.165) is 10.6 Å². The predicted octanol–water partition coefficient (Wildman–Crippen LogP) is 2.82. The van der Waals surface area contributed by atoms with Crippen molar-refractivity contribution in [2.75, 3.05) is 36.0 Å². The Morgan fingerprint density at radius 2 is 1.54 bits per heavy atom. The lowest BCUT2D eigenvalue weighted by atomic mass is 10.1. The van der Waals surface area contributed by atoms with Crippen LogP contribution < -0.4 is 9.62 Å². The highest BCUT2D eigenvalue weighted by atomic mass is 32.2. The Hall–Kier alpha value is -2.87. The molecule has 0 radical (unpaired) electrons. The molecule has 8 heteroatoms. The Morgan fingerprint density at radius 1 is 0.964 bits per heavy atom. The number of benzene rings is 2. The summed E-state index contributed by atoms with van der Waals surface area (Å²) in [6.07, 6.45) is 1.11. The molecule has 0 heterocycles. The molecule has 0 aliphatic carbocycles. The Bertz CT molecular complexity index is 952. The maximum Gasteiger partial charge on any atom is 0.255 e. The van der Waals surface area contributed by atoms with Gasteiger partial charge in [-0.1, -0.05) is 12.1 Å². The van der Waals surface area contributed by atoms with Gasteiger partial charge in [0.2, 0.25) is 10.0 Å². The largest absolute Gasteiger partial charge is 0.339 e. The first-order chi connectivity index (χ1) is 13.2. The smallest absolute Gasteiger partial charge is 0.255 e. The standard InChI is InChI=1S/C20H25N3O4S/c1-5-23(6-2)20(25)17-9-7-8-10-18(17)21-19(24)15-11-13-16(14-12-15)22(3)28(4,26)27/h7-14H,5-6H2,1-4H3,(H,21,24). The van der Waals surface area contributed by atoms with E-state index >= 15 is 0 Å². The number of carbonyl (C=O) groups excluding carboxylic acids is 2. The van der Waals surface area contributed by atoms with E-state index < -0.39 is 10.0 Å². The number of nitrogens with one attached hydrogen (secondary N) is 1. The third-order valence-corrected chi connectivity index (χ3v) is 5.65. The molecule has 2 rings (SSSR count). The first kappa shape index (κ1) is 21.4. The quantitative estimate of drug-likeness (QED) is 0.770. The minimum atomic E-state index is -3.38. The normalized spacial score (nSPS) is 11.0. The van der Waals surface area contributed by atoms with Gasteiger partial charge in [-0.15, -0.1) is 0 Å². The second-order valence-electron chi connectivity index (χ2n) is 6.25. The molecule has 2 aromatic rings. The molecular weight excluding hydrogens is 378 g/mol. The molecule has 150 valence electrons. The fourth-order valence-electron chi connectivity index (χ4n) is 2.67. The summed E-state index contributed by atoms with van der Waals surface area (Å²) < 4.78 is 24.3. The molecule has 0 spiro atoms. The van der Waals surface area contributed by atoms with Crippen LogP contribution in [0.2, 0.25) is 0 Å². The monoisotopic (exact) mass is 403 g/mol. The van der Waals surface area contributed by atoms with E-state index in [1.165, 1.54) is 7.05 Å². The van der Waals surface area contributed by atoms with Crippen molar-refractivity contribution < 1.29 is 18.0 Å². The van der Waals surface area contributed by atoms with Gasteiger partial charge >= 0.3 is 0 Å². The van der Waals surface area contributed by atoms with Crippen LogP contribution in [-0.4, -0.2) is 51.5 Å². The first-order valence-corrected chi connectivity index (χ1v) is 10.8. The van der Waals surface area contributed by atoms with Crippen LogP contribution in [-0.2, 0) is 10.0 Å². The van der Waals surface area contributed by atoms with Gasteiger partial charge in [0.1, 0.15) is 0 Å². The number of hydrogen-bond donors (Lipinski definition) is 1. The molecule has 0 aromatic heterocycles. The second-order valence-corrected chi connectivity index (χ2v) is 8.27. The third kappa shape index (κ3) is 4.89. The summed E-state index contributed by atoms with van der Waals surface area (Å²) >= 11 is 0. The number of carbonyl (C=O) groups is 2. The SMILES string of the molecule is CCN(CC)C(=O)c1ccccc1NC(=O)c1ccc(N(C)S(C)(=O)=O)cc1. The van der Waals surface area contributed by atoms with Crippen LogP contribution in [0, 0.1) is 0 Å². The van der Waals surface area contributed by atoms with E-state index in [1.54, 1.807) is 53.4 Å². The minimum absolute atomic E-state index is 0.147. The molecular formula is C20H25N3O4S. The second kappa shape index (κ2) is 8.88. The number of amides is 2. The van der Waals surface area contributed by atoms with E-state index in [1.807, 2.05) is 13.8 Å². The number of hydrogen-bond acceptors (Lipinski definition) is 4.